The molecule has 19 heavy (non-hydrogen) atoms. The summed E-state index contributed by atoms with van der Waals surface area (Å²) in [6.07, 6.45) is -1.28. The molecule has 1 aliphatic heterocycles. The fourth-order valence-electron chi connectivity index (χ4n) is 1.93. The normalized spacial score (nSPS) is 19.0. The van der Waals surface area contributed by atoms with E-state index in [2.05, 4.69) is 4.98 Å². The highest BCUT2D eigenvalue weighted by Crippen LogP contribution is 2.27. The fourth-order valence-corrected chi connectivity index (χ4v) is 2.09. The van der Waals surface area contributed by atoms with Gasteiger partial charge in [0, 0.05) is 0 Å². The molecule has 2 heterocycles. The molecule has 1 unspecified atom stereocenters. The van der Waals surface area contributed by atoms with E-state index in [0.717, 1.165) is 5.56 Å². The van der Waals surface area contributed by atoms with Gasteiger partial charge in [0.05, 0.1) is 18.8 Å². The highest BCUT2D eigenvalue weighted by molar-refractivity contribution is 6.29. The van der Waals surface area contributed by atoms with Crippen molar-refractivity contribution in [3.63, 3.8) is 0 Å². The van der Waals surface area contributed by atoms with E-state index in [-0.39, 0.29) is 6.54 Å². The number of nitrogens with zero attached hydrogens (tertiary/aromatic N) is 2. The summed E-state index contributed by atoms with van der Waals surface area (Å²) in [6, 6.07) is 3.41. The number of amides is 1. The van der Waals surface area contributed by atoms with Crippen LogP contribution in [0.3, 0.4) is 0 Å². The molecule has 0 fully saturated rings. The summed E-state index contributed by atoms with van der Waals surface area (Å²) in [6.45, 7) is 5.95. The first-order valence-electron chi connectivity index (χ1n) is 6.07. The van der Waals surface area contributed by atoms with Crippen molar-refractivity contribution < 1.29 is 14.6 Å². The van der Waals surface area contributed by atoms with Gasteiger partial charge in [0.2, 0.25) is 0 Å². The average Bonchev–Trinajstić information content (AvgIpc) is 2.27. The monoisotopic (exact) mass is 284 g/mol. The number of β-amino-alcohol motifs (C(OH)–C–C–N with tert-alkyl or cyclic N) is 1. The molecule has 0 saturated carbocycles. The van der Waals surface area contributed by atoms with Crippen molar-refractivity contribution in [2.45, 2.75) is 39.0 Å². The number of hydrogen-bond donors (Lipinski definition) is 1. The minimum Gasteiger partial charge on any atom is -0.444 e. The molecule has 1 atom stereocenters. The van der Waals surface area contributed by atoms with Gasteiger partial charge in [-0.2, -0.15) is 0 Å². The Balaban J connectivity index is 2.17. The maximum Gasteiger partial charge on any atom is 0.410 e. The number of pyridine rings is 1. The van der Waals surface area contributed by atoms with Crippen LogP contribution in [0.2, 0.25) is 5.15 Å². The van der Waals surface area contributed by atoms with E-state index in [0.29, 0.717) is 17.4 Å². The molecule has 0 aromatic carbocycles. The molecule has 5 nitrogen and oxygen atoms in total. The van der Waals surface area contributed by atoms with E-state index >= 15 is 0 Å². The Hall–Kier alpha value is -1.33. The first-order chi connectivity index (χ1) is 8.76. The minimum atomic E-state index is -0.838. The summed E-state index contributed by atoms with van der Waals surface area (Å²) in [4.78, 5) is 17.5. The molecular weight excluding hydrogens is 268 g/mol. The van der Waals surface area contributed by atoms with Gasteiger partial charge in [0.25, 0.3) is 0 Å². The first-order valence-corrected chi connectivity index (χ1v) is 6.45. The molecule has 0 spiro atoms. The summed E-state index contributed by atoms with van der Waals surface area (Å²) >= 11 is 5.80. The molecule has 1 aromatic rings. The number of rotatable bonds is 0. The summed E-state index contributed by atoms with van der Waals surface area (Å²) in [5.74, 6) is 0. The third kappa shape index (κ3) is 3.36. The number of aromatic nitrogens is 1. The molecule has 1 aromatic heterocycles. The van der Waals surface area contributed by atoms with Crippen molar-refractivity contribution in [2.24, 2.45) is 0 Å². The van der Waals surface area contributed by atoms with Crippen molar-refractivity contribution in [3.05, 3.63) is 28.5 Å². The molecule has 0 aliphatic carbocycles. The molecule has 0 bridgehead atoms. The smallest absolute Gasteiger partial charge is 0.410 e. The SMILES string of the molecule is CC(C)(C)OC(=O)N1Cc2ccc(Cl)nc2C(O)C1. The van der Waals surface area contributed by atoms with Gasteiger partial charge in [-0.1, -0.05) is 17.7 Å². The van der Waals surface area contributed by atoms with Crippen LogP contribution < -0.4 is 0 Å². The van der Waals surface area contributed by atoms with Gasteiger partial charge >= 0.3 is 6.09 Å². The van der Waals surface area contributed by atoms with Crippen LogP contribution in [0.5, 0.6) is 0 Å². The summed E-state index contributed by atoms with van der Waals surface area (Å²) < 4.78 is 5.29. The Kier molecular flexibility index (Phi) is 3.69. The first kappa shape index (κ1) is 14.1. The zero-order valence-corrected chi connectivity index (χ0v) is 11.9. The Morgan fingerprint density at radius 1 is 1.53 bits per heavy atom. The van der Waals surface area contributed by atoms with Crippen molar-refractivity contribution in [3.8, 4) is 0 Å². The van der Waals surface area contributed by atoms with Gasteiger partial charge in [0.15, 0.2) is 0 Å². The predicted molar refractivity (Wildman–Crippen MR) is 70.9 cm³/mol. The third-order valence-corrected chi connectivity index (χ3v) is 2.91. The number of ether oxygens (including phenoxy) is 1. The molecule has 1 aliphatic rings. The van der Waals surface area contributed by atoms with Crippen LogP contribution >= 0.6 is 11.6 Å². The number of carbonyl (C=O) groups excluding carboxylic acids is 1. The van der Waals surface area contributed by atoms with E-state index in [4.69, 9.17) is 16.3 Å². The Morgan fingerprint density at radius 2 is 2.21 bits per heavy atom. The van der Waals surface area contributed by atoms with E-state index in [1.165, 1.54) is 4.90 Å². The number of carbonyl (C=O) groups is 1. The maximum absolute atomic E-state index is 12.0. The van der Waals surface area contributed by atoms with E-state index < -0.39 is 17.8 Å². The van der Waals surface area contributed by atoms with Crippen LogP contribution in [-0.2, 0) is 11.3 Å². The lowest BCUT2D eigenvalue weighted by Crippen LogP contribution is -2.41. The summed E-state index contributed by atoms with van der Waals surface area (Å²) in [5, 5.41) is 10.4. The van der Waals surface area contributed by atoms with E-state index in [1.807, 2.05) is 0 Å². The fraction of sp³-hybridized carbons (Fsp3) is 0.538. The molecule has 1 N–H and O–H groups in total. The van der Waals surface area contributed by atoms with Crippen LogP contribution in [0, 0.1) is 0 Å². The largest absolute Gasteiger partial charge is 0.444 e. The van der Waals surface area contributed by atoms with Crippen molar-refractivity contribution in [1.82, 2.24) is 9.88 Å². The molecule has 1 amide bonds. The van der Waals surface area contributed by atoms with Gasteiger partial charge in [0.1, 0.15) is 16.9 Å². The van der Waals surface area contributed by atoms with Gasteiger partial charge < -0.3 is 14.7 Å². The van der Waals surface area contributed by atoms with Crippen LogP contribution in [0.15, 0.2) is 12.1 Å². The highest BCUT2D eigenvalue weighted by Gasteiger charge is 2.30. The molecule has 2 rings (SSSR count). The van der Waals surface area contributed by atoms with Crippen LogP contribution in [-0.4, -0.2) is 33.2 Å². The van der Waals surface area contributed by atoms with Crippen molar-refractivity contribution in [1.29, 1.82) is 0 Å². The van der Waals surface area contributed by atoms with E-state index in [1.54, 1.807) is 32.9 Å². The topological polar surface area (TPSA) is 62.7 Å². The minimum absolute atomic E-state index is 0.162. The van der Waals surface area contributed by atoms with Crippen LogP contribution in [0.4, 0.5) is 4.79 Å². The second-order valence-corrected chi connectivity index (χ2v) is 5.94. The Bertz CT molecular complexity index is 499. The lowest BCUT2D eigenvalue weighted by molar-refractivity contribution is 0.00757. The van der Waals surface area contributed by atoms with Crippen LogP contribution in [0.25, 0.3) is 0 Å². The number of fused-ring (bicyclic) bond motifs is 1. The third-order valence-electron chi connectivity index (χ3n) is 2.70. The molecular formula is C13H17ClN2O3. The van der Waals surface area contributed by atoms with Gasteiger partial charge in [-0.15, -0.1) is 0 Å². The standard InChI is InChI=1S/C13H17ClN2O3/c1-13(2,3)19-12(18)16-6-8-4-5-10(14)15-11(8)9(17)7-16/h4-5,9,17H,6-7H2,1-3H3. The Labute approximate surface area is 117 Å². The van der Waals surface area contributed by atoms with Gasteiger partial charge in [-0.3, -0.25) is 0 Å². The second-order valence-electron chi connectivity index (χ2n) is 5.56. The van der Waals surface area contributed by atoms with Crippen LogP contribution in [0.1, 0.15) is 38.1 Å². The predicted octanol–water partition coefficient (Wildman–Crippen LogP) is 2.52. The van der Waals surface area contributed by atoms with Gasteiger partial charge in [-0.05, 0) is 32.4 Å². The zero-order chi connectivity index (χ0) is 14.2. The maximum atomic E-state index is 12.0. The number of aliphatic hydroxyl groups excluding tert-OH is 1. The molecule has 6 heteroatoms. The highest BCUT2D eigenvalue weighted by atomic mass is 35.5. The van der Waals surface area contributed by atoms with Gasteiger partial charge in [-0.25, -0.2) is 9.78 Å². The summed E-state index contributed by atoms with van der Waals surface area (Å²) in [7, 11) is 0. The molecule has 0 radical (unpaired) electrons. The lowest BCUT2D eigenvalue weighted by Gasteiger charge is -2.33. The number of aliphatic hydroxyl groups is 1. The lowest BCUT2D eigenvalue weighted by atomic mass is 10.0. The second kappa shape index (κ2) is 4.98. The quantitative estimate of drug-likeness (QED) is 0.744. The van der Waals surface area contributed by atoms with Crippen molar-refractivity contribution >= 4 is 17.7 Å². The molecule has 104 valence electrons. The number of hydrogen-bond acceptors (Lipinski definition) is 4. The van der Waals surface area contributed by atoms with Crippen molar-refractivity contribution in [2.75, 3.05) is 6.54 Å². The Morgan fingerprint density at radius 3 is 2.84 bits per heavy atom. The average molecular weight is 285 g/mol. The van der Waals surface area contributed by atoms with E-state index in [9.17, 15) is 9.90 Å². The summed E-state index contributed by atoms with van der Waals surface area (Å²) in [5.41, 5.74) is 0.766. The zero-order valence-electron chi connectivity index (χ0n) is 11.2. The number of halogens is 1. The molecule has 0 saturated heterocycles.